The van der Waals surface area contributed by atoms with Gasteiger partial charge >= 0.3 is 12.1 Å². The van der Waals surface area contributed by atoms with Gasteiger partial charge in [0, 0.05) is 37.9 Å². The highest BCUT2D eigenvalue weighted by molar-refractivity contribution is 5.90. The molecule has 1 aliphatic carbocycles. The lowest BCUT2D eigenvalue weighted by molar-refractivity contribution is 0.0293. The van der Waals surface area contributed by atoms with Crippen molar-refractivity contribution < 1.29 is 19.4 Å². The van der Waals surface area contributed by atoms with Gasteiger partial charge in [-0.3, -0.25) is 4.68 Å². The van der Waals surface area contributed by atoms with Gasteiger partial charge in [-0.2, -0.15) is 5.10 Å². The van der Waals surface area contributed by atoms with E-state index < -0.39 is 11.6 Å². The van der Waals surface area contributed by atoms with Crippen LogP contribution >= 0.6 is 0 Å². The Hall–Kier alpha value is -3.17. The Bertz CT molecular complexity index is 1010. The summed E-state index contributed by atoms with van der Waals surface area (Å²) >= 11 is 0. The summed E-state index contributed by atoms with van der Waals surface area (Å²) < 4.78 is 7.02. The van der Waals surface area contributed by atoms with Crippen LogP contribution in [0.2, 0.25) is 0 Å². The molecule has 10 heteroatoms. The molecule has 0 bridgehead atoms. The summed E-state index contributed by atoms with van der Waals surface area (Å²) in [4.78, 5) is 34.6. The number of carboxylic acids is 1. The first-order valence-corrected chi connectivity index (χ1v) is 10.0. The number of likely N-dealkylation sites (tertiary alicyclic amines) is 1. The van der Waals surface area contributed by atoms with E-state index in [-0.39, 0.29) is 17.8 Å². The van der Waals surface area contributed by atoms with Gasteiger partial charge in [0.2, 0.25) is 5.95 Å². The molecule has 160 valence electrons. The van der Waals surface area contributed by atoms with Crippen molar-refractivity contribution in [3.8, 4) is 11.4 Å². The second-order valence-electron chi connectivity index (χ2n) is 8.73. The molecule has 1 atom stereocenters. The summed E-state index contributed by atoms with van der Waals surface area (Å²) in [5.74, 6) is -0.577. The number of fused-ring (bicyclic) bond motifs is 3. The Balaban J connectivity index is 1.52. The van der Waals surface area contributed by atoms with Gasteiger partial charge in [-0.1, -0.05) is 0 Å². The average Bonchev–Trinajstić information content (AvgIpc) is 3.25. The number of aryl methyl sites for hydroxylation is 2. The highest BCUT2D eigenvalue weighted by atomic mass is 16.6. The minimum Gasteiger partial charge on any atom is -0.476 e. The van der Waals surface area contributed by atoms with Gasteiger partial charge in [0.15, 0.2) is 5.69 Å². The standard InChI is InChI=1S/C20H26N6O4/c1-20(2,3)30-19(29)26-8-7-12(10-26)22-18-21-9-11-5-6-13-15(17(27)28)24-25(4)16(13)14(11)23-18/h9,12H,5-8,10H2,1-4H3,(H,27,28)(H,21,22,23). The van der Waals surface area contributed by atoms with Gasteiger partial charge in [-0.25, -0.2) is 19.6 Å². The average molecular weight is 414 g/mol. The zero-order valence-electron chi connectivity index (χ0n) is 17.6. The maximum absolute atomic E-state index is 12.3. The Labute approximate surface area is 174 Å². The van der Waals surface area contributed by atoms with Crippen LogP contribution in [0.25, 0.3) is 11.4 Å². The minimum absolute atomic E-state index is 0.0137. The van der Waals surface area contributed by atoms with E-state index >= 15 is 0 Å². The van der Waals surface area contributed by atoms with Crippen LogP contribution in [0.3, 0.4) is 0 Å². The first-order valence-electron chi connectivity index (χ1n) is 10.0. The number of nitrogens with zero attached hydrogens (tertiary/aromatic N) is 5. The number of ether oxygens (including phenoxy) is 1. The van der Waals surface area contributed by atoms with Crippen molar-refractivity contribution in [3.63, 3.8) is 0 Å². The van der Waals surface area contributed by atoms with Crippen LogP contribution in [0, 0.1) is 0 Å². The molecule has 1 fully saturated rings. The normalized spacial score (nSPS) is 18.0. The zero-order valence-corrected chi connectivity index (χ0v) is 17.6. The van der Waals surface area contributed by atoms with Gasteiger partial charge in [0.25, 0.3) is 0 Å². The van der Waals surface area contributed by atoms with Crippen LogP contribution in [0.15, 0.2) is 6.20 Å². The Kier molecular flexibility index (Phi) is 4.87. The summed E-state index contributed by atoms with van der Waals surface area (Å²) in [5.41, 5.74) is 2.66. The molecule has 1 aliphatic heterocycles. The summed E-state index contributed by atoms with van der Waals surface area (Å²) in [6.45, 7) is 6.65. The Morgan fingerprint density at radius 2 is 2.07 bits per heavy atom. The lowest BCUT2D eigenvalue weighted by Gasteiger charge is -2.24. The van der Waals surface area contributed by atoms with Crippen molar-refractivity contribution in [1.82, 2.24) is 24.6 Å². The van der Waals surface area contributed by atoms with Crippen LogP contribution in [0.5, 0.6) is 0 Å². The van der Waals surface area contributed by atoms with Crippen LogP contribution < -0.4 is 5.32 Å². The van der Waals surface area contributed by atoms with E-state index in [1.54, 1.807) is 22.8 Å². The molecular formula is C20H26N6O4. The van der Waals surface area contributed by atoms with E-state index in [4.69, 9.17) is 4.74 Å². The molecule has 2 aliphatic rings. The molecular weight excluding hydrogens is 388 g/mol. The van der Waals surface area contributed by atoms with Crippen LogP contribution in [-0.4, -0.2) is 66.5 Å². The lowest BCUT2D eigenvalue weighted by atomic mass is 9.93. The fourth-order valence-corrected chi connectivity index (χ4v) is 3.95. The molecule has 0 aromatic carbocycles. The monoisotopic (exact) mass is 414 g/mol. The maximum atomic E-state index is 12.3. The largest absolute Gasteiger partial charge is 0.476 e. The summed E-state index contributed by atoms with van der Waals surface area (Å²) in [6.07, 6.45) is 3.49. The number of hydrogen-bond acceptors (Lipinski definition) is 7. The number of aromatic nitrogens is 4. The summed E-state index contributed by atoms with van der Waals surface area (Å²) in [5, 5.41) is 16.9. The number of carbonyl (C=O) groups excluding carboxylic acids is 1. The summed E-state index contributed by atoms with van der Waals surface area (Å²) in [6, 6.07) is 0.0137. The number of rotatable bonds is 3. The van der Waals surface area contributed by atoms with Gasteiger partial charge in [-0.15, -0.1) is 0 Å². The maximum Gasteiger partial charge on any atom is 0.410 e. The lowest BCUT2D eigenvalue weighted by Crippen LogP contribution is -2.36. The molecule has 2 aromatic rings. The zero-order chi connectivity index (χ0) is 21.6. The minimum atomic E-state index is -1.03. The SMILES string of the molecule is Cn1nc(C(=O)O)c2c1-c1nc(NC3CCN(C(=O)OC(C)(C)C)C3)ncc1CC2. The van der Waals surface area contributed by atoms with E-state index in [1.807, 2.05) is 20.8 Å². The number of carboxylic acid groups (broad SMARTS) is 1. The molecule has 1 saturated heterocycles. The third kappa shape index (κ3) is 3.81. The molecule has 0 spiro atoms. The van der Waals surface area contributed by atoms with E-state index in [9.17, 15) is 14.7 Å². The quantitative estimate of drug-likeness (QED) is 0.783. The number of amides is 1. The van der Waals surface area contributed by atoms with Crippen molar-refractivity contribution in [2.24, 2.45) is 7.05 Å². The third-order valence-corrected chi connectivity index (χ3v) is 5.25. The fraction of sp³-hybridized carbons (Fsp3) is 0.550. The van der Waals surface area contributed by atoms with Crippen molar-refractivity contribution >= 4 is 18.0 Å². The second kappa shape index (κ2) is 7.26. The highest BCUT2D eigenvalue weighted by Gasteiger charge is 2.31. The third-order valence-electron chi connectivity index (χ3n) is 5.25. The van der Waals surface area contributed by atoms with E-state index in [0.717, 1.165) is 17.7 Å². The molecule has 2 N–H and O–H groups in total. The van der Waals surface area contributed by atoms with Gasteiger partial charge < -0.3 is 20.1 Å². The van der Waals surface area contributed by atoms with E-state index in [1.165, 1.54) is 0 Å². The van der Waals surface area contributed by atoms with Crippen molar-refractivity contribution in [2.75, 3.05) is 18.4 Å². The highest BCUT2D eigenvalue weighted by Crippen LogP contribution is 2.34. The van der Waals surface area contributed by atoms with Crippen molar-refractivity contribution in [2.45, 2.75) is 51.7 Å². The smallest absolute Gasteiger partial charge is 0.410 e. The molecule has 1 amide bonds. The Morgan fingerprint density at radius 1 is 1.30 bits per heavy atom. The molecule has 3 heterocycles. The van der Waals surface area contributed by atoms with Gasteiger partial charge in [-0.05, 0) is 45.6 Å². The fourth-order valence-electron chi connectivity index (χ4n) is 3.95. The van der Waals surface area contributed by atoms with Crippen LogP contribution in [-0.2, 0) is 24.6 Å². The number of anilines is 1. The molecule has 10 nitrogen and oxygen atoms in total. The Morgan fingerprint density at radius 3 is 2.77 bits per heavy atom. The number of carbonyl (C=O) groups is 2. The number of nitrogens with one attached hydrogen (secondary N) is 1. The van der Waals surface area contributed by atoms with Gasteiger partial charge in [0.05, 0.1) is 11.4 Å². The first-order chi connectivity index (χ1) is 14.1. The molecule has 0 saturated carbocycles. The first kappa shape index (κ1) is 20.1. The predicted molar refractivity (Wildman–Crippen MR) is 108 cm³/mol. The number of hydrogen-bond donors (Lipinski definition) is 2. The molecule has 30 heavy (non-hydrogen) atoms. The second-order valence-corrected chi connectivity index (χ2v) is 8.73. The van der Waals surface area contributed by atoms with E-state index in [2.05, 4.69) is 20.4 Å². The van der Waals surface area contributed by atoms with Crippen LogP contribution in [0.1, 0.15) is 48.8 Å². The predicted octanol–water partition coefficient (Wildman–Crippen LogP) is 2.10. The molecule has 4 rings (SSSR count). The molecule has 0 radical (unpaired) electrons. The van der Waals surface area contributed by atoms with Crippen molar-refractivity contribution in [1.29, 1.82) is 0 Å². The molecule has 1 unspecified atom stereocenters. The topological polar surface area (TPSA) is 122 Å². The van der Waals surface area contributed by atoms with Gasteiger partial charge in [0.1, 0.15) is 5.60 Å². The van der Waals surface area contributed by atoms with E-state index in [0.29, 0.717) is 43.1 Å². The van der Waals surface area contributed by atoms with Crippen LogP contribution in [0.4, 0.5) is 10.7 Å². The van der Waals surface area contributed by atoms with Crippen molar-refractivity contribution in [3.05, 3.63) is 23.0 Å². The number of aromatic carboxylic acids is 1. The molecule has 2 aromatic heterocycles. The summed E-state index contributed by atoms with van der Waals surface area (Å²) in [7, 11) is 1.73.